The van der Waals surface area contributed by atoms with Gasteiger partial charge in [-0.3, -0.25) is 23.6 Å². The van der Waals surface area contributed by atoms with Gasteiger partial charge in [-0.05, 0) is 25.1 Å². The fraction of sp³-hybridized carbons (Fsp3) is 0.429. The molecular weight excluding hydrogens is 386 g/mol. The molecule has 9 nitrogen and oxygen atoms in total. The average molecular weight is 411 g/mol. The van der Waals surface area contributed by atoms with Crippen LogP contribution in [0.15, 0.2) is 33.9 Å². The van der Waals surface area contributed by atoms with Crippen LogP contribution in [-0.4, -0.2) is 59.1 Å². The molecule has 158 valence electrons. The van der Waals surface area contributed by atoms with Crippen molar-refractivity contribution < 1.29 is 9.53 Å². The van der Waals surface area contributed by atoms with Gasteiger partial charge in [0.2, 0.25) is 0 Å². The lowest BCUT2D eigenvalue weighted by Crippen LogP contribution is -2.50. The monoisotopic (exact) mass is 411 g/mol. The number of ketones is 1. The summed E-state index contributed by atoms with van der Waals surface area (Å²) in [6.07, 6.45) is 0. The second-order valence-electron chi connectivity index (χ2n) is 7.30. The molecule has 0 amide bonds. The maximum atomic E-state index is 12.1. The Morgan fingerprint density at radius 3 is 2.43 bits per heavy atom. The zero-order valence-electron chi connectivity index (χ0n) is 17.4. The Morgan fingerprint density at radius 1 is 1.10 bits per heavy atom. The summed E-state index contributed by atoms with van der Waals surface area (Å²) in [5, 5.41) is 9.00. The van der Waals surface area contributed by atoms with Crippen LogP contribution in [0, 0.1) is 11.3 Å². The SMILES string of the molecule is CC(=O)c1cc(C#N)ccc1OCCN1CCN(c2cc(=O)n(C)c(=O)n2C)CC1. The lowest BCUT2D eigenvalue weighted by atomic mass is 10.1. The van der Waals surface area contributed by atoms with Crippen molar-refractivity contribution in [3.8, 4) is 11.8 Å². The van der Waals surface area contributed by atoms with E-state index in [4.69, 9.17) is 10.00 Å². The lowest BCUT2D eigenvalue weighted by Gasteiger charge is -2.36. The van der Waals surface area contributed by atoms with E-state index < -0.39 is 0 Å². The number of carbonyl (C=O) groups excluding carboxylic acids is 1. The fourth-order valence-electron chi connectivity index (χ4n) is 3.51. The predicted octanol–water partition coefficient (Wildman–Crippen LogP) is 0.359. The molecule has 1 aliphatic rings. The van der Waals surface area contributed by atoms with Crippen LogP contribution in [0.3, 0.4) is 0 Å². The van der Waals surface area contributed by atoms with Crippen LogP contribution in [0.5, 0.6) is 5.75 Å². The Hall–Kier alpha value is -3.38. The Morgan fingerprint density at radius 2 is 1.80 bits per heavy atom. The van der Waals surface area contributed by atoms with Crippen molar-refractivity contribution in [1.82, 2.24) is 14.0 Å². The van der Waals surface area contributed by atoms with Crippen LogP contribution < -0.4 is 20.9 Å². The normalized spacial score (nSPS) is 14.4. The van der Waals surface area contributed by atoms with E-state index in [1.807, 2.05) is 11.0 Å². The van der Waals surface area contributed by atoms with Gasteiger partial charge >= 0.3 is 5.69 Å². The highest BCUT2D eigenvalue weighted by molar-refractivity contribution is 5.97. The minimum atomic E-state index is -0.336. The highest BCUT2D eigenvalue weighted by atomic mass is 16.5. The molecule has 1 aromatic carbocycles. The number of piperazine rings is 1. The summed E-state index contributed by atoms with van der Waals surface area (Å²) in [4.78, 5) is 40.2. The van der Waals surface area contributed by atoms with Crippen molar-refractivity contribution >= 4 is 11.6 Å². The van der Waals surface area contributed by atoms with E-state index in [0.29, 0.717) is 48.9 Å². The molecule has 0 unspecified atom stereocenters. The molecular formula is C21H25N5O4. The van der Waals surface area contributed by atoms with E-state index in [9.17, 15) is 14.4 Å². The Kier molecular flexibility index (Phi) is 6.37. The Bertz CT molecular complexity index is 1100. The first-order chi connectivity index (χ1) is 14.3. The molecule has 0 radical (unpaired) electrons. The highest BCUT2D eigenvalue weighted by Crippen LogP contribution is 2.21. The molecule has 0 saturated carbocycles. The third-order valence-electron chi connectivity index (χ3n) is 5.35. The van der Waals surface area contributed by atoms with E-state index >= 15 is 0 Å². The Balaban J connectivity index is 1.57. The highest BCUT2D eigenvalue weighted by Gasteiger charge is 2.20. The van der Waals surface area contributed by atoms with Crippen molar-refractivity contribution in [2.24, 2.45) is 14.1 Å². The second-order valence-corrected chi connectivity index (χ2v) is 7.30. The molecule has 1 fully saturated rings. The van der Waals surface area contributed by atoms with Crippen molar-refractivity contribution in [2.75, 3.05) is 44.2 Å². The number of aromatic nitrogens is 2. The first kappa shape index (κ1) is 21.3. The molecule has 0 spiro atoms. The molecule has 0 N–H and O–H groups in total. The quantitative estimate of drug-likeness (QED) is 0.633. The smallest absolute Gasteiger partial charge is 0.332 e. The van der Waals surface area contributed by atoms with Gasteiger partial charge in [0.25, 0.3) is 5.56 Å². The molecule has 1 aliphatic heterocycles. The van der Waals surface area contributed by atoms with Crippen molar-refractivity contribution in [3.63, 3.8) is 0 Å². The second kappa shape index (κ2) is 8.97. The number of carbonyl (C=O) groups is 1. The van der Waals surface area contributed by atoms with Crippen LogP contribution in [0.1, 0.15) is 22.8 Å². The van der Waals surface area contributed by atoms with Crippen LogP contribution in [0.2, 0.25) is 0 Å². The number of nitrogens with zero attached hydrogens (tertiary/aromatic N) is 5. The molecule has 9 heteroatoms. The average Bonchev–Trinajstić information content (AvgIpc) is 2.75. The van der Waals surface area contributed by atoms with Gasteiger partial charge < -0.3 is 9.64 Å². The number of nitriles is 1. The van der Waals surface area contributed by atoms with Crippen molar-refractivity contribution in [2.45, 2.75) is 6.92 Å². The molecule has 1 saturated heterocycles. The number of benzene rings is 1. The van der Waals surface area contributed by atoms with Crippen LogP contribution in [0.25, 0.3) is 0 Å². The maximum Gasteiger partial charge on any atom is 0.332 e. The van der Waals surface area contributed by atoms with Crippen LogP contribution in [-0.2, 0) is 14.1 Å². The van der Waals surface area contributed by atoms with Gasteiger partial charge in [0, 0.05) is 52.9 Å². The molecule has 2 heterocycles. The zero-order chi connectivity index (χ0) is 21.8. The molecule has 0 atom stereocenters. The summed E-state index contributed by atoms with van der Waals surface area (Å²) in [5.74, 6) is 0.966. The summed E-state index contributed by atoms with van der Waals surface area (Å²) >= 11 is 0. The molecule has 3 rings (SSSR count). The minimum Gasteiger partial charge on any atom is -0.491 e. The number of ether oxygens (including phenoxy) is 1. The first-order valence-corrected chi connectivity index (χ1v) is 9.74. The van der Waals surface area contributed by atoms with E-state index in [0.717, 1.165) is 17.7 Å². The van der Waals surface area contributed by atoms with Crippen LogP contribution in [0.4, 0.5) is 5.82 Å². The summed E-state index contributed by atoms with van der Waals surface area (Å²) < 4.78 is 8.39. The van der Waals surface area contributed by atoms with E-state index in [2.05, 4.69) is 4.90 Å². The summed E-state index contributed by atoms with van der Waals surface area (Å²) in [6.45, 7) is 5.45. The van der Waals surface area contributed by atoms with Crippen molar-refractivity contribution in [1.29, 1.82) is 5.26 Å². The number of rotatable bonds is 6. The zero-order valence-corrected chi connectivity index (χ0v) is 17.4. The van der Waals surface area contributed by atoms with Gasteiger partial charge in [-0.15, -0.1) is 0 Å². The summed E-state index contributed by atoms with van der Waals surface area (Å²) in [7, 11) is 3.14. The molecule has 0 aliphatic carbocycles. The van der Waals surface area contributed by atoms with Gasteiger partial charge in [0.05, 0.1) is 17.2 Å². The number of hydrogen-bond donors (Lipinski definition) is 0. The summed E-state index contributed by atoms with van der Waals surface area (Å²) in [5.41, 5.74) is 0.184. The topological polar surface area (TPSA) is 101 Å². The fourth-order valence-corrected chi connectivity index (χ4v) is 3.51. The molecule has 30 heavy (non-hydrogen) atoms. The van der Waals surface area contributed by atoms with Gasteiger partial charge in [0.1, 0.15) is 18.2 Å². The Labute approximate surface area is 174 Å². The molecule has 2 aromatic rings. The van der Waals surface area contributed by atoms with Gasteiger partial charge in [-0.2, -0.15) is 5.26 Å². The van der Waals surface area contributed by atoms with Crippen LogP contribution >= 0.6 is 0 Å². The summed E-state index contributed by atoms with van der Waals surface area (Å²) in [6, 6.07) is 8.36. The number of anilines is 1. The van der Waals surface area contributed by atoms with Gasteiger partial charge in [-0.1, -0.05) is 0 Å². The van der Waals surface area contributed by atoms with E-state index in [1.54, 1.807) is 25.2 Å². The molecule has 1 aromatic heterocycles. The largest absolute Gasteiger partial charge is 0.491 e. The van der Waals surface area contributed by atoms with E-state index in [-0.39, 0.29) is 17.0 Å². The minimum absolute atomic E-state index is 0.143. The predicted molar refractivity (Wildman–Crippen MR) is 112 cm³/mol. The molecule has 0 bridgehead atoms. The van der Waals surface area contributed by atoms with Gasteiger partial charge in [0.15, 0.2) is 5.78 Å². The number of Topliss-reactive ketones (excluding diaryl/α,β-unsaturated/α-hetero) is 1. The van der Waals surface area contributed by atoms with Gasteiger partial charge in [-0.25, -0.2) is 4.79 Å². The van der Waals surface area contributed by atoms with E-state index in [1.165, 1.54) is 24.6 Å². The lowest BCUT2D eigenvalue weighted by molar-refractivity contribution is 0.101. The third kappa shape index (κ3) is 4.44. The third-order valence-corrected chi connectivity index (χ3v) is 5.35. The number of hydrogen-bond acceptors (Lipinski definition) is 7. The first-order valence-electron chi connectivity index (χ1n) is 9.74. The standard InChI is InChI=1S/C21H25N5O4/c1-15(27)17-12-16(14-22)4-5-18(17)30-11-10-25-6-8-26(9-7-25)19-13-20(28)24(3)21(29)23(19)2/h4-5,12-13H,6-11H2,1-3H3. The van der Waals surface area contributed by atoms with Crippen molar-refractivity contribution in [3.05, 3.63) is 56.2 Å². The maximum absolute atomic E-state index is 12.1.